The van der Waals surface area contributed by atoms with Crippen molar-refractivity contribution in [1.82, 2.24) is 10.2 Å². The van der Waals surface area contributed by atoms with E-state index in [1.54, 1.807) is 29.2 Å². The van der Waals surface area contributed by atoms with E-state index in [2.05, 4.69) is 37.4 Å². The second kappa shape index (κ2) is 8.78. The number of nitrogens with one attached hydrogen (secondary N) is 1. The number of piperidine rings is 1. The lowest BCUT2D eigenvalue weighted by Crippen LogP contribution is -2.45. The monoisotopic (exact) mass is 398 g/mol. The van der Waals surface area contributed by atoms with Crippen molar-refractivity contribution in [2.45, 2.75) is 39.7 Å². The van der Waals surface area contributed by atoms with Gasteiger partial charge in [0.2, 0.25) is 5.91 Å². The number of rotatable bonds is 4. The normalized spacial score (nSPS) is 17.9. The molecular formula is C23H27ClN2O2. The van der Waals surface area contributed by atoms with E-state index >= 15 is 0 Å². The second-order valence-corrected chi connectivity index (χ2v) is 8.12. The van der Waals surface area contributed by atoms with E-state index in [9.17, 15) is 9.59 Å². The van der Waals surface area contributed by atoms with Crippen LogP contribution in [0.5, 0.6) is 0 Å². The molecule has 148 valence electrons. The van der Waals surface area contributed by atoms with E-state index in [0.29, 0.717) is 23.7 Å². The molecule has 0 aromatic heterocycles. The van der Waals surface area contributed by atoms with Crippen LogP contribution < -0.4 is 5.32 Å². The third-order valence-corrected chi connectivity index (χ3v) is 5.68. The zero-order chi connectivity index (χ0) is 20.3. The van der Waals surface area contributed by atoms with E-state index in [1.165, 1.54) is 11.1 Å². The molecular weight excluding hydrogens is 372 g/mol. The Morgan fingerprint density at radius 3 is 2.57 bits per heavy atom. The van der Waals surface area contributed by atoms with Crippen LogP contribution in [0.2, 0.25) is 5.02 Å². The first-order valence-corrected chi connectivity index (χ1v) is 10.2. The number of carbonyl (C=O) groups excluding carboxylic acids is 2. The number of nitrogens with zero attached hydrogens (tertiary/aromatic N) is 1. The SMILES string of the molecule is Cc1ccc(C)c(C(C)NC(=O)C2CCCN(C(=O)c3ccc(Cl)cc3)C2)c1. The van der Waals surface area contributed by atoms with Gasteiger partial charge in [0.05, 0.1) is 12.0 Å². The van der Waals surface area contributed by atoms with Gasteiger partial charge in [0, 0.05) is 23.7 Å². The Balaban J connectivity index is 1.64. The first kappa shape index (κ1) is 20.4. The topological polar surface area (TPSA) is 49.4 Å². The fourth-order valence-electron chi connectivity index (χ4n) is 3.79. The quantitative estimate of drug-likeness (QED) is 0.812. The summed E-state index contributed by atoms with van der Waals surface area (Å²) >= 11 is 5.91. The maximum absolute atomic E-state index is 12.9. The minimum absolute atomic E-state index is 0.0158. The average molecular weight is 399 g/mol. The molecule has 2 amide bonds. The van der Waals surface area contributed by atoms with Gasteiger partial charge in [0.25, 0.3) is 5.91 Å². The number of halogens is 1. The molecule has 2 aromatic carbocycles. The highest BCUT2D eigenvalue weighted by Gasteiger charge is 2.29. The molecule has 0 radical (unpaired) electrons. The van der Waals surface area contributed by atoms with Crippen molar-refractivity contribution in [2.75, 3.05) is 13.1 Å². The van der Waals surface area contributed by atoms with Crippen LogP contribution >= 0.6 is 11.6 Å². The summed E-state index contributed by atoms with van der Waals surface area (Å²) in [7, 11) is 0. The van der Waals surface area contributed by atoms with Crippen LogP contribution in [0.25, 0.3) is 0 Å². The highest BCUT2D eigenvalue weighted by Crippen LogP contribution is 2.23. The van der Waals surface area contributed by atoms with Crippen molar-refractivity contribution >= 4 is 23.4 Å². The molecule has 1 fully saturated rings. The smallest absolute Gasteiger partial charge is 0.253 e. The van der Waals surface area contributed by atoms with E-state index in [0.717, 1.165) is 18.4 Å². The maximum atomic E-state index is 12.9. The van der Waals surface area contributed by atoms with Gasteiger partial charge in [-0.25, -0.2) is 0 Å². The zero-order valence-electron chi connectivity index (χ0n) is 16.7. The van der Waals surface area contributed by atoms with Gasteiger partial charge < -0.3 is 10.2 Å². The van der Waals surface area contributed by atoms with E-state index in [1.807, 2.05) is 6.92 Å². The number of carbonyl (C=O) groups is 2. The summed E-state index contributed by atoms with van der Waals surface area (Å²) in [6.07, 6.45) is 1.63. The Kier molecular flexibility index (Phi) is 6.40. The Morgan fingerprint density at radius 2 is 1.86 bits per heavy atom. The zero-order valence-corrected chi connectivity index (χ0v) is 17.4. The molecule has 4 nitrogen and oxygen atoms in total. The van der Waals surface area contributed by atoms with Gasteiger partial charge in [-0.15, -0.1) is 0 Å². The van der Waals surface area contributed by atoms with Crippen molar-refractivity contribution < 1.29 is 9.59 Å². The number of likely N-dealkylation sites (tertiary alicyclic amines) is 1. The van der Waals surface area contributed by atoms with Crippen LogP contribution in [0.4, 0.5) is 0 Å². The highest BCUT2D eigenvalue weighted by molar-refractivity contribution is 6.30. The molecule has 28 heavy (non-hydrogen) atoms. The molecule has 1 aliphatic rings. The summed E-state index contributed by atoms with van der Waals surface area (Å²) < 4.78 is 0. The molecule has 5 heteroatoms. The van der Waals surface area contributed by atoms with Gasteiger partial charge in [0.15, 0.2) is 0 Å². The van der Waals surface area contributed by atoms with Gasteiger partial charge in [-0.05, 0) is 69.0 Å². The maximum Gasteiger partial charge on any atom is 0.253 e. The predicted octanol–water partition coefficient (Wildman–Crippen LogP) is 4.69. The van der Waals surface area contributed by atoms with Crippen LogP contribution in [-0.4, -0.2) is 29.8 Å². The lowest BCUT2D eigenvalue weighted by molar-refractivity contribution is -0.127. The van der Waals surface area contributed by atoms with Crippen LogP contribution in [-0.2, 0) is 4.79 Å². The third kappa shape index (κ3) is 4.74. The standard InChI is InChI=1S/C23H27ClN2O2/c1-15-6-7-16(2)21(13-15)17(3)25-22(27)19-5-4-12-26(14-19)23(28)18-8-10-20(24)11-9-18/h6-11,13,17,19H,4-5,12,14H2,1-3H3,(H,25,27). The molecule has 1 heterocycles. The first-order valence-electron chi connectivity index (χ1n) is 9.77. The number of benzene rings is 2. The van der Waals surface area contributed by atoms with Gasteiger partial charge in [0.1, 0.15) is 0 Å². The van der Waals surface area contributed by atoms with E-state index < -0.39 is 0 Å². The van der Waals surface area contributed by atoms with Gasteiger partial charge in [-0.2, -0.15) is 0 Å². The molecule has 0 aliphatic carbocycles. The molecule has 2 unspecified atom stereocenters. The minimum Gasteiger partial charge on any atom is -0.349 e. The average Bonchev–Trinajstić information content (AvgIpc) is 2.69. The minimum atomic E-state index is -0.183. The van der Waals surface area contributed by atoms with Crippen molar-refractivity contribution in [3.8, 4) is 0 Å². The number of aryl methyl sites for hydroxylation is 2. The largest absolute Gasteiger partial charge is 0.349 e. The third-order valence-electron chi connectivity index (χ3n) is 5.43. The van der Waals surface area contributed by atoms with Crippen LogP contribution in [0.1, 0.15) is 52.9 Å². The summed E-state index contributed by atoms with van der Waals surface area (Å²) in [5.74, 6) is -0.212. The molecule has 2 aromatic rings. The molecule has 1 N–H and O–H groups in total. The number of hydrogen-bond donors (Lipinski definition) is 1. The fourth-order valence-corrected chi connectivity index (χ4v) is 3.91. The van der Waals surface area contributed by atoms with Crippen molar-refractivity contribution in [1.29, 1.82) is 0 Å². The molecule has 1 saturated heterocycles. The van der Waals surface area contributed by atoms with Crippen molar-refractivity contribution in [2.24, 2.45) is 5.92 Å². The first-order chi connectivity index (χ1) is 13.3. The van der Waals surface area contributed by atoms with Crippen LogP contribution in [0, 0.1) is 19.8 Å². The molecule has 0 saturated carbocycles. The van der Waals surface area contributed by atoms with Gasteiger partial charge in [-0.3, -0.25) is 9.59 Å². The molecule has 0 spiro atoms. The number of amides is 2. The lowest BCUT2D eigenvalue weighted by Gasteiger charge is -2.33. The summed E-state index contributed by atoms with van der Waals surface area (Å²) in [6.45, 7) is 7.26. The lowest BCUT2D eigenvalue weighted by atomic mass is 9.95. The molecule has 3 rings (SSSR count). The Bertz CT molecular complexity index is 863. The van der Waals surface area contributed by atoms with E-state index in [-0.39, 0.29) is 23.8 Å². The molecule has 2 atom stereocenters. The summed E-state index contributed by atoms with van der Waals surface area (Å²) in [5, 5.41) is 3.75. The van der Waals surface area contributed by atoms with Gasteiger partial charge in [-0.1, -0.05) is 35.4 Å². The predicted molar refractivity (Wildman–Crippen MR) is 113 cm³/mol. The highest BCUT2D eigenvalue weighted by atomic mass is 35.5. The Labute approximate surface area is 171 Å². The Hall–Kier alpha value is -2.33. The summed E-state index contributed by atoms with van der Waals surface area (Å²) in [6, 6.07) is 13.1. The second-order valence-electron chi connectivity index (χ2n) is 7.69. The van der Waals surface area contributed by atoms with Crippen LogP contribution in [0.15, 0.2) is 42.5 Å². The number of hydrogen-bond acceptors (Lipinski definition) is 2. The van der Waals surface area contributed by atoms with Gasteiger partial charge >= 0.3 is 0 Å². The van der Waals surface area contributed by atoms with E-state index in [4.69, 9.17) is 11.6 Å². The molecule has 0 bridgehead atoms. The van der Waals surface area contributed by atoms with Crippen LogP contribution in [0.3, 0.4) is 0 Å². The Morgan fingerprint density at radius 1 is 1.14 bits per heavy atom. The fraction of sp³-hybridized carbons (Fsp3) is 0.391. The molecule has 1 aliphatic heterocycles. The van der Waals surface area contributed by atoms with Crippen molar-refractivity contribution in [3.63, 3.8) is 0 Å². The summed E-state index contributed by atoms with van der Waals surface area (Å²) in [5.41, 5.74) is 4.09. The van der Waals surface area contributed by atoms with Crippen molar-refractivity contribution in [3.05, 3.63) is 69.7 Å². The summed E-state index contributed by atoms with van der Waals surface area (Å²) in [4.78, 5) is 27.4.